The molecule has 0 radical (unpaired) electrons. The summed E-state index contributed by atoms with van der Waals surface area (Å²) in [6.07, 6.45) is 3.71. The molecule has 0 atom stereocenters. The smallest absolute Gasteiger partial charge is 0.0729 e. The van der Waals surface area contributed by atoms with Crippen molar-refractivity contribution < 1.29 is 4.74 Å². The lowest BCUT2D eigenvalue weighted by molar-refractivity contribution is 0.183. The summed E-state index contributed by atoms with van der Waals surface area (Å²) in [7, 11) is 1.67. The minimum absolute atomic E-state index is 0.631. The van der Waals surface area contributed by atoms with Gasteiger partial charge >= 0.3 is 0 Å². The molecule has 0 aliphatic rings. The van der Waals surface area contributed by atoms with E-state index in [-0.39, 0.29) is 0 Å². The number of nitrogens with one attached hydrogen (secondary N) is 1. The number of ether oxygens (including phenoxy) is 1. The maximum absolute atomic E-state index is 6.11. The van der Waals surface area contributed by atoms with E-state index >= 15 is 0 Å². The van der Waals surface area contributed by atoms with Crippen LogP contribution in [0, 0.1) is 0 Å². The normalized spacial score (nSPS) is 10.7. The van der Waals surface area contributed by atoms with Crippen LogP contribution in [0.15, 0.2) is 30.6 Å². The first kappa shape index (κ1) is 14.2. The molecule has 102 valence electrons. The average molecular weight is 300 g/mol. The van der Waals surface area contributed by atoms with E-state index in [1.165, 1.54) is 0 Å². The molecule has 0 fully saturated rings. The third-order valence-electron chi connectivity index (χ3n) is 2.66. The van der Waals surface area contributed by atoms with Crippen molar-refractivity contribution in [1.29, 1.82) is 0 Å². The molecular weight excluding hydrogens is 285 g/mol. The molecule has 4 nitrogen and oxygen atoms in total. The van der Waals surface area contributed by atoms with Crippen LogP contribution in [0.5, 0.6) is 0 Å². The summed E-state index contributed by atoms with van der Waals surface area (Å²) >= 11 is 12.0. The predicted octanol–water partition coefficient (Wildman–Crippen LogP) is 3.45. The zero-order chi connectivity index (χ0) is 13.7. The molecule has 0 amide bonds. The second-order valence-corrected chi connectivity index (χ2v) is 4.92. The standard InChI is InChI=1S/C13H15Cl2N3O/c1-19-5-4-18-9-12(8-17-18)16-7-10-2-3-11(14)6-13(10)15/h2-3,6,8-9,16H,4-5,7H2,1H3. The molecule has 1 aromatic carbocycles. The molecule has 1 heterocycles. The van der Waals surface area contributed by atoms with Crippen LogP contribution in [-0.4, -0.2) is 23.5 Å². The predicted molar refractivity (Wildman–Crippen MR) is 77.9 cm³/mol. The van der Waals surface area contributed by atoms with Gasteiger partial charge in [0.05, 0.1) is 25.0 Å². The van der Waals surface area contributed by atoms with Crippen LogP contribution in [0.2, 0.25) is 10.0 Å². The lowest BCUT2D eigenvalue weighted by atomic mass is 10.2. The Bertz CT molecular complexity index is 542. The van der Waals surface area contributed by atoms with Crippen molar-refractivity contribution in [3.05, 3.63) is 46.2 Å². The molecular formula is C13H15Cl2N3O. The van der Waals surface area contributed by atoms with Crippen LogP contribution >= 0.6 is 23.2 Å². The molecule has 0 bridgehead atoms. The number of benzene rings is 1. The number of hydrogen-bond acceptors (Lipinski definition) is 3. The van der Waals surface area contributed by atoms with E-state index in [2.05, 4.69) is 10.4 Å². The summed E-state index contributed by atoms with van der Waals surface area (Å²) < 4.78 is 6.83. The first-order valence-corrected chi connectivity index (χ1v) is 6.64. The highest BCUT2D eigenvalue weighted by molar-refractivity contribution is 6.35. The highest BCUT2D eigenvalue weighted by Crippen LogP contribution is 2.21. The highest BCUT2D eigenvalue weighted by atomic mass is 35.5. The fourth-order valence-electron chi connectivity index (χ4n) is 1.62. The lowest BCUT2D eigenvalue weighted by Crippen LogP contribution is -2.04. The fourth-order valence-corrected chi connectivity index (χ4v) is 2.10. The first-order chi connectivity index (χ1) is 9.19. The molecule has 0 saturated heterocycles. The number of methoxy groups -OCH3 is 1. The van der Waals surface area contributed by atoms with Gasteiger partial charge in [-0.1, -0.05) is 29.3 Å². The van der Waals surface area contributed by atoms with Crippen molar-refractivity contribution in [3.8, 4) is 0 Å². The van der Waals surface area contributed by atoms with E-state index in [4.69, 9.17) is 27.9 Å². The van der Waals surface area contributed by atoms with E-state index in [1.807, 2.05) is 23.0 Å². The Balaban J connectivity index is 1.92. The SMILES string of the molecule is COCCn1cc(NCc2ccc(Cl)cc2Cl)cn1. The summed E-state index contributed by atoms with van der Waals surface area (Å²) in [4.78, 5) is 0. The van der Waals surface area contributed by atoms with Crippen molar-refractivity contribution >= 4 is 28.9 Å². The summed E-state index contributed by atoms with van der Waals surface area (Å²) in [5, 5.41) is 8.79. The minimum atomic E-state index is 0.631. The van der Waals surface area contributed by atoms with Gasteiger partial charge in [0.15, 0.2) is 0 Å². The Morgan fingerprint density at radius 3 is 2.95 bits per heavy atom. The second kappa shape index (κ2) is 6.80. The largest absolute Gasteiger partial charge is 0.383 e. The Kier molecular flexibility index (Phi) is 5.07. The Labute approximate surface area is 122 Å². The molecule has 0 spiro atoms. The summed E-state index contributed by atoms with van der Waals surface area (Å²) in [6, 6.07) is 5.47. The monoisotopic (exact) mass is 299 g/mol. The van der Waals surface area contributed by atoms with Crippen molar-refractivity contribution in [2.75, 3.05) is 19.0 Å². The molecule has 0 aliphatic carbocycles. The fraction of sp³-hybridized carbons (Fsp3) is 0.308. The third kappa shape index (κ3) is 4.13. The third-order valence-corrected chi connectivity index (χ3v) is 3.24. The zero-order valence-corrected chi connectivity index (χ0v) is 12.1. The number of anilines is 1. The number of nitrogens with zero attached hydrogens (tertiary/aromatic N) is 2. The van der Waals surface area contributed by atoms with E-state index in [0.717, 1.165) is 17.8 Å². The molecule has 0 saturated carbocycles. The Morgan fingerprint density at radius 2 is 2.21 bits per heavy atom. The average Bonchev–Trinajstić information content (AvgIpc) is 2.83. The van der Waals surface area contributed by atoms with Gasteiger partial charge in [0, 0.05) is 29.9 Å². The molecule has 19 heavy (non-hydrogen) atoms. The topological polar surface area (TPSA) is 39.1 Å². The molecule has 0 unspecified atom stereocenters. The molecule has 6 heteroatoms. The summed E-state index contributed by atoms with van der Waals surface area (Å²) in [6.45, 7) is 2.01. The van der Waals surface area contributed by atoms with Crippen LogP contribution in [0.25, 0.3) is 0 Å². The van der Waals surface area contributed by atoms with Crippen molar-refractivity contribution in [2.45, 2.75) is 13.1 Å². The van der Waals surface area contributed by atoms with Gasteiger partial charge in [-0.15, -0.1) is 0 Å². The molecule has 0 aliphatic heterocycles. The molecule has 2 rings (SSSR count). The number of hydrogen-bond donors (Lipinski definition) is 1. The van der Waals surface area contributed by atoms with Gasteiger partial charge in [-0.25, -0.2) is 0 Å². The van der Waals surface area contributed by atoms with Gasteiger partial charge < -0.3 is 10.1 Å². The van der Waals surface area contributed by atoms with Crippen molar-refractivity contribution in [3.63, 3.8) is 0 Å². The van der Waals surface area contributed by atoms with Crippen molar-refractivity contribution in [1.82, 2.24) is 9.78 Å². The van der Waals surface area contributed by atoms with Gasteiger partial charge in [-0.2, -0.15) is 5.10 Å². The lowest BCUT2D eigenvalue weighted by Gasteiger charge is -2.06. The van der Waals surface area contributed by atoms with Gasteiger partial charge in [0.1, 0.15) is 0 Å². The first-order valence-electron chi connectivity index (χ1n) is 5.88. The number of rotatable bonds is 6. The number of aromatic nitrogens is 2. The minimum Gasteiger partial charge on any atom is -0.383 e. The maximum Gasteiger partial charge on any atom is 0.0729 e. The van der Waals surface area contributed by atoms with Gasteiger partial charge in [0.2, 0.25) is 0 Å². The Hall–Kier alpha value is -1.23. The van der Waals surface area contributed by atoms with Crippen LogP contribution in [0.1, 0.15) is 5.56 Å². The van der Waals surface area contributed by atoms with Crippen LogP contribution in [0.4, 0.5) is 5.69 Å². The maximum atomic E-state index is 6.11. The molecule has 1 N–H and O–H groups in total. The quantitative estimate of drug-likeness (QED) is 0.888. The van der Waals surface area contributed by atoms with Crippen LogP contribution in [0.3, 0.4) is 0 Å². The summed E-state index contributed by atoms with van der Waals surface area (Å²) in [5.41, 5.74) is 1.94. The number of halogens is 2. The van der Waals surface area contributed by atoms with Crippen molar-refractivity contribution in [2.24, 2.45) is 0 Å². The highest BCUT2D eigenvalue weighted by Gasteiger charge is 2.02. The van der Waals surface area contributed by atoms with Gasteiger partial charge in [0.25, 0.3) is 0 Å². The second-order valence-electron chi connectivity index (χ2n) is 4.07. The van der Waals surface area contributed by atoms with Crippen LogP contribution < -0.4 is 5.32 Å². The van der Waals surface area contributed by atoms with E-state index < -0.39 is 0 Å². The Morgan fingerprint density at radius 1 is 1.37 bits per heavy atom. The van der Waals surface area contributed by atoms with Gasteiger partial charge in [-0.05, 0) is 17.7 Å². The van der Waals surface area contributed by atoms with E-state index in [1.54, 1.807) is 19.4 Å². The summed E-state index contributed by atoms with van der Waals surface area (Å²) in [5.74, 6) is 0. The van der Waals surface area contributed by atoms with E-state index in [9.17, 15) is 0 Å². The molecule has 2 aromatic rings. The molecule has 1 aromatic heterocycles. The van der Waals surface area contributed by atoms with Crippen LogP contribution in [-0.2, 0) is 17.8 Å². The zero-order valence-electron chi connectivity index (χ0n) is 10.6. The van der Waals surface area contributed by atoms with Gasteiger partial charge in [-0.3, -0.25) is 4.68 Å². The van der Waals surface area contributed by atoms with E-state index in [0.29, 0.717) is 23.2 Å².